The van der Waals surface area contributed by atoms with Crippen LogP contribution in [0, 0.1) is 17.6 Å². The van der Waals surface area contributed by atoms with Gasteiger partial charge in [-0.1, -0.05) is 0 Å². The average molecular weight is 269 g/mol. The molecular formula is C13H17F2N3O. The Labute approximate surface area is 110 Å². The maximum absolute atomic E-state index is 13.0. The molecule has 0 aromatic heterocycles. The van der Waals surface area contributed by atoms with Crippen molar-refractivity contribution in [2.75, 3.05) is 31.5 Å². The SMILES string of the molecule is NCC1CCN(CC(=O)Nc2ccc(F)c(F)c2)C1. The molecule has 1 aliphatic rings. The standard InChI is InChI=1S/C13H17F2N3O/c14-11-2-1-10(5-12(11)15)17-13(19)8-18-4-3-9(6-16)7-18/h1-2,5,9H,3-4,6-8,16H2,(H,17,19). The van der Waals surface area contributed by atoms with Crippen LogP contribution in [0.25, 0.3) is 0 Å². The number of anilines is 1. The van der Waals surface area contributed by atoms with Crippen molar-refractivity contribution < 1.29 is 13.6 Å². The zero-order valence-corrected chi connectivity index (χ0v) is 10.5. The molecule has 3 N–H and O–H groups in total. The highest BCUT2D eigenvalue weighted by Crippen LogP contribution is 2.16. The lowest BCUT2D eigenvalue weighted by Crippen LogP contribution is -2.32. The van der Waals surface area contributed by atoms with Gasteiger partial charge in [0.2, 0.25) is 5.91 Å². The zero-order valence-electron chi connectivity index (χ0n) is 10.5. The van der Waals surface area contributed by atoms with Gasteiger partial charge in [0, 0.05) is 18.3 Å². The van der Waals surface area contributed by atoms with E-state index in [0.29, 0.717) is 12.5 Å². The summed E-state index contributed by atoms with van der Waals surface area (Å²) in [5.41, 5.74) is 5.84. The second-order valence-corrected chi connectivity index (χ2v) is 4.80. The number of carbonyl (C=O) groups excluding carboxylic acids is 1. The molecule has 1 aromatic rings. The van der Waals surface area contributed by atoms with Gasteiger partial charge in [-0.25, -0.2) is 8.78 Å². The zero-order chi connectivity index (χ0) is 13.8. The van der Waals surface area contributed by atoms with Gasteiger partial charge >= 0.3 is 0 Å². The molecule has 0 aliphatic carbocycles. The number of nitrogens with one attached hydrogen (secondary N) is 1. The molecule has 1 unspecified atom stereocenters. The number of nitrogens with zero attached hydrogens (tertiary/aromatic N) is 1. The summed E-state index contributed by atoms with van der Waals surface area (Å²) in [5, 5.41) is 2.55. The van der Waals surface area contributed by atoms with E-state index in [-0.39, 0.29) is 18.1 Å². The molecule has 2 rings (SSSR count). The number of hydrogen-bond donors (Lipinski definition) is 2. The van der Waals surface area contributed by atoms with Crippen molar-refractivity contribution in [3.8, 4) is 0 Å². The first kappa shape index (κ1) is 13.9. The van der Waals surface area contributed by atoms with E-state index in [0.717, 1.165) is 31.6 Å². The van der Waals surface area contributed by atoms with Crippen molar-refractivity contribution in [2.45, 2.75) is 6.42 Å². The topological polar surface area (TPSA) is 58.4 Å². The summed E-state index contributed by atoms with van der Waals surface area (Å²) < 4.78 is 25.7. The first-order valence-corrected chi connectivity index (χ1v) is 6.26. The van der Waals surface area contributed by atoms with Crippen LogP contribution in [0.5, 0.6) is 0 Å². The average Bonchev–Trinajstić information content (AvgIpc) is 2.81. The molecule has 1 aliphatic heterocycles. The maximum atomic E-state index is 13.0. The number of benzene rings is 1. The quantitative estimate of drug-likeness (QED) is 0.863. The molecule has 0 radical (unpaired) electrons. The summed E-state index contributed by atoms with van der Waals surface area (Å²) in [4.78, 5) is 13.8. The van der Waals surface area contributed by atoms with E-state index in [9.17, 15) is 13.6 Å². The van der Waals surface area contributed by atoms with Crippen LogP contribution < -0.4 is 11.1 Å². The van der Waals surface area contributed by atoms with Gasteiger partial charge in [-0.3, -0.25) is 9.69 Å². The first-order chi connectivity index (χ1) is 9.08. The Balaban J connectivity index is 1.86. The lowest BCUT2D eigenvalue weighted by molar-refractivity contribution is -0.117. The van der Waals surface area contributed by atoms with Crippen LogP contribution in [0.1, 0.15) is 6.42 Å². The van der Waals surface area contributed by atoms with Crippen LogP contribution in [0.3, 0.4) is 0 Å². The lowest BCUT2D eigenvalue weighted by atomic mass is 10.1. The second-order valence-electron chi connectivity index (χ2n) is 4.80. The predicted octanol–water partition coefficient (Wildman–Crippen LogP) is 1.18. The summed E-state index contributed by atoms with van der Waals surface area (Å²) >= 11 is 0. The third-order valence-electron chi connectivity index (χ3n) is 3.27. The minimum absolute atomic E-state index is 0.233. The fourth-order valence-electron chi connectivity index (χ4n) is 2.23. The summed E-state index contributed by atoms with van der Waals surface area (Å²) in [6, 6.07) is 3.30. The van der Waals surface area contributed by atoms with E-state index < -0.39 is 11.6 Å². The Morgan fingerprint density at radius 1 is 1.42 bits per heavy atom. The molecule has 1 heterocycles. The van der Waals surface area contributed by atoms with E-state index in [1.807, 2.05) is 4.90 Å². The molecule has 1 atom stereocenters. The number of amides is 1. The van der Waals surface area contributed by atoms with Crippen LogP contribution in [0.4, 0.5) is 14.5 Å². The third kappa shape index (κ3) is 3.71. The van der Waals surface area contributed by atoms with E-state index in [4.69, 9.17) is 5.73 Å². The number of likely N-dealkylation sites (tertiary alicyclic amines) is 1. The first-order valence-electron chi connectivity index (χ1n) is 6.26. The Morgan fingerprint density at radius 2 is 2.21 bits per heavy atom. The molecule has 1 fully saturated rings. The molecule has 1 saturated heterocycles. The number of carbonyl (C=O) groups is 1. The smallest absolute Gasteiger partial charge is 0.238 e. The van der Waals surface area contributed by atoms with Gasteiger partial charge in [-0.05, 0) is 37.6 Å². The van der Waals surface area contributed by atoms with E-state index >= 15 is 0 Å². The largest absolute Gasteiger partial charge is 0.330 e. The van der Waals surface area contributed by atoms with Crippen molar-refractivity contribution in [1.82, 2.24) is 4.90 Å². The van der Waals surface area contributed by atoms with Gasteiger partial charge in [0.25, 0.3) is 0 Å². The van der Waals surface area contributed by atoms with Crippen LogP contribution >= 0.6 is 0 Å². The summed E-state index contributed by atoms with van der Waals surface area (Å²) in [6.07, 6.45) is 0.995. The van der Waals surface area contributed by atoms with Crippen LogP contribution in [-0.2, 0) is 4.79 Å². The van der Waals surface area contributed by atoms with E-state index in [1.54, 1.807) is 0 Å². The van der Waals surface area contributed by atoms with Gasteiger partial charge in [-0.15, -0.1) is 0 Å². The third-order valence-corrected chi connectivity index (χ3v) is 3.27. The minimum Gasteiger partial charge on any atom is -0.330 e. The van der Waals surface area contributed by atoms with Gasteiger partial charge < -0.3 is 11.1 Å². The minimum atomic E-state index is -0.970. The number of halogens is 2. The highest BCUT2D eigenvalue weighted by molar-refractivity contribution is 5.92. The number of rotatable bonds is 4. The molecule has 0 saturated carbocycles. The van der Waals surface area contributed by atoms with Crippen molar-refractivity contribution in [3.05, 3.63) is 29.8 Å². The fraction of sp³-hybridized carbons (Fsp3) is 0.462. The molecule has 104 valence electrons. The monoisotopic (exact) mass is 269 g/mol. The highest BCUT2D eigenvalue weighted by atomic mass is 19.2. The van der Waals surface area contributed by atoms with Crippen molar-refractivity contribution >= 4 is 11.6 Å². The van der Waals surface area contributed by atoms with Gasteiger partial charge in [-0.2, -0.15) is 0 Å². The summed E-state index contributed by atoms with van der Waals surface area (Å²) in [6.45, 7) is 2.52. The molecule has 0 spiro atoms. The van der Waals surface area contributed by atoms with Crippen molar-refractivity contribution in [3.63, 3.8) is 0 Å². The van der Waals surface area contributed by atoms with Crippen LogP contribution in [0.15, 0.2) is 18.2 Å². The molecule has 4 nitrogen and oxygen atoms in total. The van der Waals surface area contributed by atoms with Gasteiger partial charge in [0.1, 0.15) is 0 Å². The number of nitrogens with two attached hydrogens (primary N) is 1. The Kier molecular flexibility index (Phi) is 4.44. The second kappa shape index (κ2) is 6.08. The van der Waals surface area contributed by atoms with Crippen LogP contribution in [-0.4, -0.2) is 37.0 Å². The number of hydrogen-bond acceptors (Lipinski definition) is 3. The Bertz CT molecular complexity index is 467. The Morgan fingerprint density at radius 3 is 2.84 bits per heavy atom. The van der Waals surface area contributed by atoms with Crippen molar-refractivity contribution in [2.24, 2.45) is 11.7 Å². The summed E-state index contributed by atoms with van der Waals surface area (Å²) in [5.74, 6) is -1.69. The normalized spacial score (nSPS) is 19.6. The molecule has 1 amide bonds. The van der Waals surface area contributed by atoms with Crippen molar-refractivity contribution in [1.29, 1.82) is 0 Å². The molecular weight excluding hydrogens is 252 g/mol. The molecule has 1 aromatic carbocycles. The van der Waals surface area contributed by atoms with Crippen LogP contribution in [0.2, 0.25) is 0 Å². The van der Waals surface area contributed by atoms with Gasteiger partial charge in [0.05, 0.1) is 6.54 Å². The van der Waals surface area contributed by atoms with E-state index in [2.05, 4.69) is 5.32 Å². The Hall–Kier alpha value is -1.53. The van der Waals surface area contributed by atoms with E-state index in [1.165, 1.54) is 6.07 Å². The molecule has 0 bridgehead atoms. The maximum Gasteiger partial charge on any atom is 0.238 e. The van der Waals surface area contributed by atoms with Gasteiger partial charge in [0.15, 0.2) is 11.6 Å². The fourth-order valence-corrected chi connectivity index (χ4v) is 2.23. The highest BCUT2D eigenvalue weighted by Gasteiger charge is 2.22. The lowest BCUT2D eigenvalue weighted by Gasteiger charge is -2.15. The predicted molar refractivity (Wildman–Crippen MR) is 68.6 cm³/mol. The molecule has 19 heavy (non-hydrogen) atoms. The summed E-state index contributed by atoms with van der Waals surface area (Å²) in [7, 11) is 0. The molecule has 6 heteroatoms.